The Hall–Kier alpha value is -2.86. The second-order valence-electron chi connectivity index (χ2n) is 6.44. The second kappa shape index (κ2) is 7.40. The first kappa shape index (κ1) is 17.5. The van der Waals surface area contributed by atoms with E-state index in [1.165, 1.54) is 23.5 Å². The average Bonchev–Trinajstić information content (AvgIpc) is 3.19. The lowest BCUT2D eigenvalue weighted by atomic mass is 10.2. The first-order valence-corrected chi connectivity index (χ1v) is 9.61. The molecule has 4 nitrogen and oxygen atoms in total. The van der Waals surface area contributed by atoms with Crippen LogP contribution in [0.15, 0.2) is 60.7 Å². The molecule has 27 heavy (non-hydrogen) atoms. The number of nitrogens with zero attached hydrogens (tertiary/aromatic N) is 2. The number of hydrogen-bond acceptors (Lipinski definition) is 4. The molecule has 1 saturated heterocycles. The van der Waals surface area contributed by atoms with Gasteiger partial charge in [0.1, 0.15) is 11.6 Å². The van der Waals surface area contributed by atoms with Gasteiger partial charge in [-0.25, -0.2) is 4.39 Å². The van der Waals surface area contributed by atoms with Gasteiger partial charge in [-0.15, -0.1) is 11.3 Å². The van der Waals surface area contributed by atoms with Crippen LogP contribution in [0.5, 0.6) is 5.75 Å². The van der Waals surface area contributed by atoms with E-state index in [1.54, 1.807) is 24.3 Å². The highest BCUT2D eigenvalue weighted by atomic mass is 32.1. The van der Waals surface area contributed by atoms with E-state index in [1.807, 2.05) is 29.2 Å². The molecular formula is C21H19FN2O2S. The Morgan fingerprint density at radius 1 is 0.926 bits per heavy atom. The summed E-state index contributed by atoms with van der Waals surface area (Å²) in [5, 5.41) is 10.00. The molecule has 1 aromatic heterocycles. The van der Waals surface area contributed by atoms with E-state index < -0.39 is 0 Å². The van der Waals surface area contributed by atoms with Crippen LogP contribution in [0.25, 0.3) is 10.4 Å². The quantitative estimate of drug-likeness (QED) is 0.738. The van der Waals surface area contributed by atoms with Crippen LogP contribution in [-0.4, -0.2) is 42.1 Å². The fourth-order valence-electron chi connectivity index (χ4n) is 3.26. The van der Waals surface area contributed by atoms with Crippen molar-refractivity contribution in [2.75, 3.05) is 31.1 Å². The third kappa shape index (κ3) is 3.66. The number of thiophene rings is 1. The summed E-state index contributed by atoms with van der Waals surface area (Å²) in [6.07, 6.45) is 0. The molecule has 6 heteroatoms. The zero-order valence-electron chi connectivity index (χ0n) is 14.6. The number of piperazine rings is 1. The average molecular weight is 382 g/mol. The standard InChI is InChI=1S/C21H19FN2O2S/c22-16-7-5-15(6-8-16)19-9-10-20(27-19)21(26)24-13-11-23(12-14-24)17-3-1-2-4-18(17)25/h1-10,25H,11-14H2. The van der Waals surface area contributed by atoms with Gasteiger partial charge in [-0.3, -0.25) is 4.79 Å². The van der Waals surface area contributed by atoms with Gasteiger partial charge in [0.2, 0.25) is 0 Å². The Labute approximate surface area is 161 Å². The molecule has 138 valence electrons. The molecule has 1 aliphatic rings. The summed E-state index contributed by atoms with van der Waals surface area (Å²) in [5.74, 6) is 0.0127. The van der Waals surface area contributed by atoms with E-state index in [-0.39, 0.29) is 17.5 Å². The topological polar surface area (TPSA) is 43.8 Å². The van der Waals surface area contributed by atoms with Crippen molar-refractivity contribution in [3.8, 4) is 16.2 Å². The lowest BCUT2D eigenvalue weighted by molar-refractivity contribution is 0.0751. The Morgan fingerprint density at radius 3 is 2.33 bits per heavy atom. The van der Waals surface area contributed by atoms with Crippen molar-refractivity contribution in [2.45, 2.75) is 0 Å². The molecule has 0 bridgehead atoms. The molecule has 0 aliphatic carbocycles. The summed E-state index contributed by atoms with van der Waals surface area (Å²) in [5.41, 5.74) is 1.71. The normalized spacial score (nSPS) is 14.4. The van der Waals surface area contributed by atoms with Crippen molar-refractivity contribution in [1.29, 1.82) is 0 Å². The summed E-state index contributed by atoms with van der Waals surface area (Å²) >= 11 is 1.43. The van der Waals surface area contributed by atoms with E-state index in [4.69, 9.17) is 0 Å². The molecule has 0 unspecified atom stereocenters. The van der Waals surface area contributed by atoms with Gasteiger partial charge in [-0.2, -0.15) is 0 Å². The van der Waals surface area contributed by atoms with Crippen LogP contribution in [0.2, 0.25) is 0 Å². The number of aromatic hydroxyl groups is 1. The maximum Gasteiger partial charge on any atom is 0.264 e. The van der Waals surface area contributed by atoms with Crippen LogP contribution < -0.4 is 4.90 Å². The predicted octanol–water partition coefficient (Wildman–Crippen LogP) is 4.22. The number of carbonyl (C=O) groups excluding carboxylic acids is 1. The number of anilines is 1. The monoisotopic (exact) mass is 382 g/mol. The minimum absolute atomic E-state index is 0.0188. The molecule has 1 N–H and O–H groups in total. The van der Waals surface area contributed by atoms with Gasteiger partial charge in [0, 0.05) is 31.1 Å². The highest BCUT2D eigenvalue weighted by Crippen LogP contribution is 2.30. The number of benzene rings is 2. The van der Waals surface area contributed by atoms with Gasteiger partial charge >= 0.3 is 0 Å². The molecule has 0 spiro atoms. The summed E-state index contributed by atoms with van der Waals surface area (Å²) < 4.78 is 13.1. The molecule has 2 aromatic carbocycles. The van der Waals surface area contributed by atoms with E-state index in [0.717, 1.165) is 16.1 Å². The maximum absolute atomic E-state index is 13.1. The van der Waals surface area contributed by atoms with E-state index >= 15 is 0 Å². The second-order valence-corrected chi connectivity index (χ2v) is 7.52. The van der Waals surface area contributed by atoms with Crippen LogP contribution >= 0.6 is 11.3 Å². The van der Waals surface area contributed by atoms with Crippen molar-refractivity contribution >= 4 is 22.9 Å². The summed E-state index contributed by atoms with van der Waals surface area (Å²) in [7, 11) is 0. The number of carbonyl (C=O) groups is 1. The Balaban J connectivity index is 1.43. The molecule has 1 fully saturated rings. The number of para-hydroxylation sites is 2. The molecule has 1 aliphatic heterocycles. The number of phenolic OH excluding ortho intramolecular Hbond substituents is 1. The minimum Gasteiger partial charge on any atom is -0.506 e. The van der Waals surface area contributed by atoms with Crippen molar-refractivity contribution in [1.82, 2.24) is 4.90 Å². The number of rotatable bonds is 3. The van der Waals surface area contributed by atoms with Crippen LogP contribution in [0.4, 0.5) is 10.1 Å². The molecule has 0 radical (unpaired) electrons. The van der Waals surface area contributed by atoms with Crippen molar-refractivity contribution in [3.05, 3.63) is 71.4 Å². The maximum atomic E-state index is 13.1. The zero-order valence-corrected chi connectivity index (χ0v) is 15.5. The number of halogens is 1. The Bertz CT molecular complexity index is 947. The smallest absolute Gasteiger partial charge is 0.264 e. The summed E-state index contributed by atoms with van der Waals surface area (Å²) in [4.78, 5) is 18.4. The highest BCUT2D eigenvalue weighted by Gasteiger charge is 2.24. The third-order valence-corrected chi connectivity index (χ3v) is 5.86. The number of hydrogen-bond donors (Lipinski definition) is 1. The van der Waals surface area contributed by atoms with Crippen molar-refractivity contribution in [2.24, 2.45) is 0 Å². The zero-order chi connectivity index (χ0) is 18.8. The van der Waals surface area contributed by atoms with Crippen molar-refractivity contribution in [3.63, 3.8) is 0 Å². The molecule has 0 saturated carbocycles. The van der Waals surface area contributed by atoms with Crippen LogP contribution in [-0.2, 0) is 0 Å². The molecule has 2 heterocycles. The summed E-state index contributed by atoms with van der Waals surface area (Å²) in [6, 6.07) is 17.3. The van der Waals surface area contributed by atoms with Gasteiger partial charge < -0.3 is 14.9 Å². The predicted molar refractivity (Wildman–Crippen MR) is 106 cm³/mol. The lowest BCUT2D eigenvalue weighted by Gasteiger charge is -2.36. The van der Waals surface area contributed by atoms with Gasteiger partial charge in [-0.1, -0.05) is 24.3 Å². The van der Waals surface area contributed by atoms with Crippen molar-refractivity contribution < 1.29 is 14.3 Å². The lowest BCUT2D eigenvalue weighted by Crippen LogP contribution is -2.48. The van der Waals surface area contributed by atoms with E-state index in [9.17, 15) is 14.3 Å². The van der Waals surface area contributed by atoms with Gasteiger partial charge in [0.15, 0.2) is 0 Å². The van der Waals surface area contributed by atoms with Gasteiger partial charge in [0.05, 0.1) is 10.6 Å². The molecule has 4 rings (SSSR count). The minimum atomic E-state index is -0.270. The van der Waals surface area contributed by atoms with Gasteiger partial charge in [0.25, 0.3) is 5.91 Å². The molecule has 3 aromatic rings. The first-order chi connectivity index (χ1) is 13.1. The summed E-state index contributed by atoms with van der Waals surface area (Å²) in [6.45, 7) is 2.58. The number of amides is 1. The number of phenols is 1. The van der Waals surface area contributed by atoms with Crippen LogP contribution in [0.3, 0.4) is 0 Å². The Kier molecular flexibility index (Phi) is 4.81. The molecule has 1 amide bonds. The molecular weight excluding hydrogens is 363 g/mol. The van der Waals surface area contributed by atoms with E-state index in [2.05, 4.69) is 4.90 Å². The van der Waals surface area contributed by atoms with Crippen LogP contribution in [0, 0.1) is 5.82 Å². The van der Waals surface area contributed by atoms with Crippen LogP contribution in [0.1, 0.15) is 9.67 Å². The van der Waals surface area contributed by atoms with E-state index in [0.29, 0.717) is 31.1 Å². The highest BCUT2D eigenvalue weighted by molar-refractivity contribution is 7.17. The first-order valence-electron chi connectivity index (χ1n) is 8.80. The fraction of sp³-hybridized carbons (Fsp3) is 0.190. The largest absolute Gasteiger partial charge is 0.506 e. The fourth-order valence-corrected chi connectivity index (χ4v) is 4.24. The molecule has 0 atom stereocenters. The third-order valence-electron chi connectivity index (χ3n) is 4.73. The van der Waals surface area contributed by atoms with Gasteiger partial charge in [-0.05, 0) is 42.0 Å². The Morgan fingerprint density at radius 2 is 1.63 bits per heavy atom. The SMILES string of the molecule is O=C(c1ccc(-c2ccc(F)cc2)s1)N1CCN(c2ccccc2O)CC1.